The molecule has 0 radical (unpaired) electrons. The van der Waals surface area contributed by atoms with E-state index in [0.717, 1.165) is 17.9 Å². The molecule has 2 nitrogen and oxygen atoms in total. The lowest BCUT2D eigenvalue weighted by Gasteiger charge is -2.36. The number of thiophene rings is 1. The number of ether oxygens (including phenoxy) is 2. The summed E-state index contributed by atoms with van der Waals surface area (Å²) in [6.07, 6.45) is 1.28. The first-order valence-corrected chi connectivity index (χ1v) is 5.44. The summed E-state index contributed by atoms with van der Waals surface area (Å²) in [5.74, 6) is -0.508. The van der Waals surface area contributed by atoms with E-state index < -0.39 is 5.79 Å². The second-order valence-corrected chi connectivity index (χ2v) is 4.44. The minimum Gasteiger partial charge on any atom is -0.345 e. The van der Waals surface area contributed by atoms with E-state index in [2.05, 4.69) is 13.0 Å². The van der Waals surface area contributed by atoms with E-state index >= 15 is 0 Å². The molecule has 1 aromatic heterocycles. The van der Waals surface area contributed by atoms with Gasteiger partial charge in [-0.3, -0.25) is 0 Å². The van der Waals surface area contributed by atoms with Gasteiger partial charge in [0, 0.05) is 0 Å². The SMILES string of the molecule is CC1CCOC(C)(c2cccs2)O1. The van der Waals surface area contributed by atoms with E-state index in [4.69, 9.17) is 9.47 Å². The monoisotopic (exact) mass is 198 g/mol. The van der Waals surface area contributed by atoms with Crippen molar-refractivity contribution in [1.29, 1.82) is 0 Å². The average molecular weight is 198 g/mol. The highest BCUT2D eigenvalue weighted by Crippen LogP contribution is 2.35. The van der Waals surface area contributed by atoms with Gasteiger partial charge in [-0.2, -0.15) is 0 Å². The fourth-order valence-corrected chi connectivity index (χ4v) is 2.34. The maximum Gasteiger partial charge on any atom is 0.201 e. The molecule has 1 fully saturated rings. The summed E-state index contributed by atoms with van der Waals surface area (Å²) in [4.78, 5) is 1.15. The van der Waals surface area contributed by atoms with Crippen LogP contribution in [0.5, 0.6) is 0 Å². The Morgan fingerprint density at radius 2 is 2.46 bits per heavy atom. The standard InChI is InChI=1S/C10H14O2S/c1-8-5-6-11-10(2,12-8)9-4-3-7-13-9/h3-4,7-8H,5-6H2,1-2H3. The second kappa shape index (κ2) is 3.40. The number of hydrogen-bond acceptors (Lipinski definition) is 3. The molecule has 2 unspecified atom stereocenters. The summed E-state index contributed by atoms with van der Waals surface area (Å²) in [5, 5.41) is 2.05. The quantitative estimate of drug-likeness (QED) is 0.690. The third-order valence-electron chi connectivity index (χ3n) is 2.30. The van der Waals surface area contributed by atoms with E-state index in [1.54, 1.807) is 11.3 Å². The van der Waals surface area contributed by atoms with Gasteiger partial charge >= 0.3 is 0 Å². The van der Waals surface area contributed by atoms with Crippen molar-refractivity contribution in [2.24, 2.45) is 0 Å². The first-order valence-electron chi connectivity index (χ1n) is 4.56. The van der Waals surface area contributed by atoms with E-state index in [1.165, 1.54) is 0 Å². The largest absolute Gasteiger partial charge is 0.345 e. The maximum absolute atomic E-state index is 5.81. The lowest BCUT2D eigenvalue weighted by Crippen LogP contribution is -2.38. The van der Waals surface area contributed by atoms with Crippen molar-refractivity contribution in [3.8, 4) is 0 Å². The van der Waals surface area contributed by atoms with Crippen LogP contribution in [0.4, 0.5) is 0 Å². The summed E-state index contributed by atoms with van der Waals surface area (Å²) in [6.45, 7) is 4.87. The lowest BCUT2D eigenvalue weighted by atomic mass is 10.2. The molecule has 13 heavy (non-hydrogen) atoms. The van der Waals surface area contributed by atoms with Crippen LogP contribution in [0.2, 0.25) is 0 Å². The minimum absolute atomic E-state index is 0.292. The molecule has 2 atom stereocenters. The van der Waals surface area contributed by atoms with Crippen molar-refractivity contribution in [2.75, 3.05) is 6.61 Å². The van der Waals surface area contributed by atoms with E-state index in [9.17, 15) is 0 Å². The molecule has 0 bridgehead atoms. The Morgan fingerprint density at radius 1 is 1.62 bits per heavy atom. The summed E-state index contributed by atoms with van der Waals surface area (Å²) in [7, 11) is 0. The van der Waals surface area contributed by atoms with Crippen molar-refractivity contribution in [2.45, 2.75) is 32.2 Å². The molecule has 0 spiro atoms. The van der Waals surface area contributed by atoms with E-state index in [-0.39, 0.29) is 0 Å². The molecule has 1 aliphatic heterocycles. The molecular weight excluding hydrogens is 184 g/mol. The summed E-state index contributed by atoms with van der Waals surface area (Å²) in [6, 6.07) is 4.08. The molecule has 0 N–H and O–H groups in total. The third kappa shape index (κ3) is 1.77. The van der Waals surface area contributed by atoms with Crippen LogP contribution in [0.3, 0.4) is 0 Å². The van der Waals surface area contributed by atoms with Gasteiger partial charge < -0.3 is 9.47 Å². The van der Waals surface area contributed by atoms with E-state index in [0.29, 0.717) is 6.10 Å². The molecule has 0 saturated carbocycles. The van der Waals surface area contributed by atoms with Crippen LogP contribution in [0.25, 0.3) is 0 Å². The molecule has 1 aliphatic rings. The van der Waals surface area contributed by atoms with Gasteiger partial charge in [0.2, 0.25) is 5.79 Å². The minimum atomic E-state index is -0.508. The van der Waals surface area contributed by atoms with Crippen molar-refractivity contribution in [3.63, 3.8) is 0 Å². The summed E-state index contributed by atoms with van der Waals surface area (Å²) < 4.78 is 11.5. The summed E-state index contributed by atoms with van der Waals surface area (Å²) in [5.41, 5.74) is 0. The molecule has 2 rings (SSSR count). The Bertz CT molecular complexity index is 270. The van der Waals surface area contributed by atoms with Gasteiger partial charge in [-0.15, -0.1) is 11.3 Å². The molecule has 0 aliphatic carbocycles. The Kier molecular flexibility index (Phi) is 2.41. The zero-order valence-electron chi connectivity index (χ0n) is 7.95. The first-order chi connectivity index (χ1) is 6.21. The highest BCUT2D eigenvalue weighted by molar-refractivity contribution is 7.10. The van der Waals surface area contributed by atoms with E-state index in [1.807, 2.05) is 18.4 Å². The van der Waals surface area contributed by atoms with Crippen LogP contribution in [-0.2, 0) is 15.3 Å². The molecule has 3 heteroatoms. The van der Waals surface area contributed by atoms with Crippen molar-refractivity contribution in [3.05, 3.63) is 22.4 Å². The fourth-order valence-electron chi connectivity index (χ4n) is 1.56. The van der Waals surface area contributed by atoms with Gasteiger partial charge in [-0.25, -0.2) is 0 Å². The predicted octanol–water partition coefficient (Wildman–Crippen LogP) is 2.75. The molecule has 72 valence electrons. The van der Waals surface area contributed by atoms with Crippen LogP contribution in [0, 0.1) is 0 Å². The van der Waals surface area contributed by atoms with Crippen LogP contribution in [0.15, 0.2) is 17.5 Å². The summed E-state index contributed by atoms with van der Waals surface area (Å²) >= 11 is 1.68. The lowest BCUT2D eigenvalue weighted by molar-refractivity contribution is -0.287. The Balaban J connectivity index is 2.20. The van der Waals surface area contributed by atoms with Crippen molar-refractivity contribution >= 4 is 11.3 Å². The van der Waals surface area contributed by atoms with Gasteiger partial charge in [-0.05, 0) is 31.7 Å². The molecule has 1 aromatic rings. The molecule has 1 saturated heterocycles. The Hall–Kier alpha value is -0.380. The van der Waals surface area contributed by atoms with Crippen molar-refractivity contribution in [1.82, 2.24) is 0 Å². The zero-order valence-corrected chi connectivity index (χ0v) is 8.76. The third-order valence-corrected chi connectivity index (χ3v) is 3.35. The van der Waals surface area contributed by atoms with Crippen LogP contribution >= 0.6 is 11.3 Å². The number of hydrogen-bond donors (Lipinski definition) is 0. The Morgan fingerprint density at radius 3 is 3.08 bits per heavy atom. The van der Waals surface area contributed by atoms with Gasteiger partial charge in [0.25, 0.3) is 0 Å². The van der Waals surface area contributed by atoms with Gasteiger partial charge in [0.1, 0.15) is 0 Å². The van der Waals surface area contributed by atoms with Gasteiger partial charge in [0.15, 0.2) is 0 Å². The highest BCUT2D eigenvalue weighted by Gasteiger charge is 2.34. The Labute approximate surface area is 82.5 Å². The van der Waals surface area contributed by atoms with Crippen LogP contribution in [0.1, 0.15) is 25.1 Å². The fraction of sp³-hybridized carbons (Fsp3) is 0.600. The van der Waals surface area contributed by atoms with Crippen LogP contribution < -0.4 is 0 Å². The highest BCUT2D eigenvalue weighted by atomic mass is 32.1. The second-order valence-electron chi connectivity index (χ2n) is 3.49. The molecule has 2 heterocycles. The predicted molar refractivity (Wildman–Crippen MR) is 52.8 cm³/mol. The smallest absolute Gasteiger partial charge is 0.201 e. The molecule has 0 amide bonds. The zero-order chi connectivity index (χ0) is 9.31. The maximum atomic E-state index is 5.81. The molecular formula is C10H14O2S. The van der Waals surface area contributed by atoms with Crippen LogP contribution in [-0.4, -0.2) is 12.7 Å². The van der Waals surface area contributed by atoms with Gasteiger partial charge in [0.05, 0.1) is 17.6 Å². The average Bonchev–Trinajstić information content (AvgIpc) is 2.55. The normalized spacial score (nSPS) is 34.8. The first kappa shape index (κ1) is 9.19. The van der Waals surface area contributed by atoms with Gasteiger partial charge in [-0.1, -0.05) is 6.07 Å². The topological polar surface area (TPSA) is 18.5 Å². The van der Waals surface area contributed by atoms with Crippen molar-refractivity contribution < 1.29 is 9.47 Å². The number of rotatable bonds is 1. The molecule has 0 aromatic carbocycles.